The number of carbonyl (C=O) groups is 2. The van der Waals surface area contributed by atoms with E-state index in [1.165, 1.54) is 35.6 Å². The Morgan fingerprint density at radius 3 is 3.00 bits per heavy atom. The first-order chi connectivity index (χ1) is 9.97. The van der Waals surface area contributed by atoms with Gasteiger partial charge in [-0.15, -0.1) is 0 Å². The summed E-state index contributed by atoms with van der Waals surface area (Å²) in [5, 5.41) is 13.9. The van der Waals surface area contributed by atoms with Gasteiger partial charge in [-0.3, -0.25) is 14.7 Å². The molecule has 1 amide bonds. The van der Waals surface area contributed by atoms with Crippen molar-refractivity contribution in [1.29, 1.82) is 0 Å². The normalized spacial score (nSPS) is 12.2. The first-order valence-electron chi connectivity index (χ1n) is 5.97. The van der Waals surface area contributed by atoms with E-state index in [0.29, 0.717) is 11.4 Å². The summed E-state index contributed by atoms with van der Waals surface area (Å²) >= 11 is 1.26. The maximum Gasteiger partial charge on any atom is 0.327 e. The van der Waals surface area contributed by atoms with Gasteiger partial charge in [0.2, 0.25) is 5.91 Å². The Morgan fingerprint density at radius 2 is 2.33 bits per heavy atom. The van der Waals surface area contributed by atoms with E-state index in [9.17, 15) is 14.4 Å². The molecule has 0 saturated carbocycles. The molecule has 10 heteroatoms. The molecule has 0 saturated heterocycles. The number of thioether (sulfide) groups is 1. The van der Waals surface area contributed by atoms with E-state index in [-0.39, 0.29) is 17.1 Å². The van der Waals surface area contributed by atoms with E-state index in [0.717, 1.165) is 0 Å². The van der Waals surface area contributed by atoms with E-state index in [4.69, 9.17) is 5.11 Å². The van der Waals surface area contributed by atoms with E-state index in [2.05, 4.69) is 20.4 Å². The summed E-state index contributed by atoms with van der Waals surface area (Å²) in [5.41, 5.74) is 0.216. The van der Waals surface area contributed by atoms with Crippen molar-refractivity contribution in [2.45, 2.75) is 18.7 Å². The third kappa shape index (κ3) is 3.81. The molecule has 112 valence electrons. The number of carboxylic acids is 1. The van der Waals surface area contributed by atoms with Crippen LogP contribution in [0, 0.1) is 0 Å². The molecule has 0 fully saturated rings. The minimum atomic E-state index is -1.10. The molecule has 0 aliphatic heterocycles. The monoisotopic (exact) mass is 311 g/mol. The number of amides is 1. The Morgan fingerprint density at radius 1 is 1.57 bits per heavy atom. The van der Waals surface area contributed by atoms with Gasteiger partial charge in [-0.25, -0.2) is 14.8 Å². The summed E-state index contributed by atoms with van der Waals surface area (Å²) < 4.78 is 1.20. The molecule has 21 heavy (non-hydrogen) atoms. The van der Waals surface area contributed by atoms with E-state index >= 15 is 0 Å². The van der Waals surface area contributed by atoms with Gasteiger partial charge in [0.25, 0.3) is 11.3 Å². The maximum absolute atomic E-state index is 11.7. The first kappa shape index (κ1) is 15.0. The molecule has 3 N–H and O–H groups in total. The average molecular weight is 311 g/mol. The molecule has 0 unspecified atom stereocenters. The lowest BCUT2D eigenvalue weighted by molar-refractivity contribution is -0.140. The number of aromatic nitrogens is 4. The third-order valence-corrected chi connectivity index (χ3v) is 3.60. The van der Waals surface area contributed by atoms with Crippen molar-refractivity contribution in [3.05, 3.63) is 28.4 Å². The van der Waals surface area contributed by atoms with Crippen LogP contribution in [0.25, 0.3) is 5.78 Å². The fourth-order valence-corrected chi connectivity index (χ4v) is 2.58. The van der Waals surface area contributed by atoms with E-state index in [1.807, 2.05) is 0 Å². The van der Waals surface area contributed by atoms with Crippen molar-refractivity contribution in [3.63, 3.8) is 0 Å². The third-order valence-electron chi connectivity index (χ3n) is 2.53. The number of nitrogens with zero attached hydrogens (tertiary/aromatic N) is 3. The van der Waals surface area contributed by atoms with Gasteiger partial charge in [-0.1, -0.05) is 0 Å². The van der Waals surface area contributed by atoms with Crippen LogP contribution in [0.15, 0.2) is 17.2 Å². The number of aliphatic carboxylic acids is 1. The van der Waals surface area contributed by atoms with Gasteiger partial charge in [0.1, 0.15) is 12.4 Å². The van der Waals surface area contributed by atoms with E-state index < -0.39 is 17.9 Å². The number of carboxylic acid groups (broad SMARTS) is 1. The highest BCUT2D eigenvalue weighted by molar-refractivity contribution is 7.98. The van der Waals surface area contributed by atoms with Crippen molar-refractivity contribution < 1.29 is 14.7 Å². The topological polar surface area (TPSA) is 129 Å². The molecule has 2 heterocycles. The second-order valence-electron chi connectivity index (χ2n) is 4.21. The molecule has 9 nitrogen and oxygen atoms in total. The van der Waals surface area contributed by atoms with Crippen LogP contribution >= 0.6 is 11.8 Å². The fraction of sp³-hybridized carbons (Fsp3) is 0.364. The van der Waals surface area contributed by atoms with Crippen LogP contribution in [-0.2, 0) is 15.3 Å². The molecule has 2 aromatic heterocycles. The van der Waals surface area contributed by atoms with Crippen molar-refractivity contribution in [2.75, 3.05) is 5.75 Å². The van der Waals surface area contributed by atoms with Gasteiger partial charge < -0.3 is 10.4 Å². The SMILES string of the molecule is CC(=O)N[C@@H](CSCc1cc(=O)n2[nH]cnc2n1)C(=O)O. The summed E-state index contributed by atoms with van der Waals surface area (Å²) in [4.78, 5) is 41.6. The molecule has 0 aliphatic carbocycles. The number of fused-ring (bicyclic) bond motifs is 1. The summed E-state index contributed by atoms with van der Waals surface area (Å²) in [6, 6.07) is 0.384. The summed E-state index contributed by atoms with van der Waals surface area (Å²) in [6.45, 7) is 1.26. The quantitative estimate of drug-likeness (QED) is 0.639. The number of rotatable bonds is 6. The molecule has 0 radical (unpaired) electrons. The van der Waals surface area contributed by atoms with Crippen molar-refractivity contribution in [3.8, 4) is 0 Å². The number of carbonyl (C=O) groups excluding carboxylic acids is 1. The fourth-order valence-electron chi connectivity index (χ4n) is 1.64. The minimum Gasteiger partial charge on any atom is -0.480 e. The van der Waals surface area contributed by atoms with Gasteiger partial charge in [0.15, 0.2) is 0 Å². The van der Waals surface area contributed by atoms with Crippen LogP contribution in [-0.4, -0.2) is 48.4 Å². The second-order valence-corrected chi connectivity index (χ2v) is 5.25. The van der Waals surface area contributed by atoms with Crippen LogP contribution in [0.2, 0.25) is 0 Å². The molecule has 0 aliphatic rings. The lowest BCUT2D eigenvalue weighted by atomic mass is 10.3. The van der Waals surface area contributed by atoms with Crippen LogP contribution in [0.4, 0.5) is 0 Å². The molecule has 2 aromatic rings. The van der Waals surface area contributed by atoms with Gasteiger partial charge in [-0.05, 0) is 0 Å². The van der Waals surface area contributed by atoms with Gasteiger partial charge in [0, 0.05) is 24.5 Å². The van der Waals surface area contributed by atoms with Gasteiger partial charge >= 0.3 is 5.97 Å². The number of H-pyrrole nitrogens is 1. The number of aromatic amines is 1. The van der Waals surface area contributed by atoms with Crippen molar-refractivity contribution >= 4 is 29.4 Å². The number of hydrogen-bond donors (Lipinski definition) is 3. The standard InChI is InChI=1S/C11H13N5O4S/c1-6(17)14-8(10(19)20)4-21-3-7-2-9(18)16-11(15-7)12-5-13-16/h2,5,8H,3-4H2,1H3,(H,14,17)(H,19,20)(H,12,13,15)/t8-/m0/s1. The molecular formula is C11H13N5O4S. The zero-order chi connectivity index (χ0) is 15.4. The van der Waals surface area contributed by atoms with Gasteiger partial charge in [0.05, 0.1) is 5.69 Å². The van der Waals surface area contributed by atoms with Crippen LogP contribution in [0.5, 0.6) is 0 Å². The molecular weight excluding hydrogens is 298 g/mol. The smallest absolute Gasteiger partial charge is 0.327 e. The van der Waals surface area contributed by atoms with Crippen LogP contribution in [0.3, 0.4) is 0 Å². The molecule has 0 bridgehead atoms. The second kappa shape index (κ2) is 6.39. The Kier molecular flexibility index (Phi) is 4.58. The molecule has 2 rings (SSSR count). The summed E-state index contributed by atoms with van der Waals surface area (Å²) in [6.07, 6.45) is 1.36. The largest absolute Gasteiger partial charge is 0.480 e. The van der Waals surface area contributed by atoms with Gasteiger partial charge in [-0.2, -0.15) is 16.3 Å². The van der Waals surface area contributed by atoms with Crippen molar-refractivity contribution in [2.24, 2.45) is 0 Å². The number of nitrogens with one attached hydrogen (secondary N) is 2. The highest BCUT2D eigenvalue weighted by Gasteiger charge is 2.18. The van der Waals surface area contributed by atoms with Crippen LogP contribution < -0.4 is 10.9 Å². The summed E-state index contributed by atoms with van der Waals surface area (Å²) in [7, 11) is 0. The highest BCUT2D eigenvalue weighted by Crippen LogP contribution is 2.11. The lowest BCUT2D eigenvalue weighted by Crippen LogP contribution is -2.41. The number of hydrogen-bond acceptors (Lipinski definition) is 6. The Balaban J connectivity index is 1.99. The molecule has 1 atom stereocenters. The van der Waals surface area contributed by atoms with E-state index in [1.54, 1.807) is 0 Å². The Hall–Kier alpha value is -2.36. The minimum absolute atomic E-state index is 0.177. The maximum atomic E-state index is 11.7. The zero-order valence-electron chi connectivity index (χ0n) is 11.1. The van der Waals surface area contributed by atoms with Crippen LogP contribution in [0.1, 0.15) is 12.6 Å². The Bertz CT molecular complexity index is 725. The molecule has 0 spiro atoms. The Labute approximate surface area is 122 Å². The molecule has 0 aromatic carbocycles. The van der Waals surface area contributed by atoms with Crippen molar-refractivity contribution in [1.82, 2.24) is 24.9 Å². The lowest BCUT2D eigenvalue weighted by Gasteiger charge is -2.12. The first-order valence-corrected chi connectivity index (χ1v) is 7.12. The highest BCUT2D eigenvalue weighted by atomic mass is 32.2. The average Bonchev–Trinajstić information content (AvgIpc) is 2.85. The summed E-state index contributed by atoms with van der Waals surface area (Å²) in [5.74, 6) is -0.723. The predicted octanol–water partition coefficient (Wildman–Crippen LogP) is -0.760. The predicted molar refractivity (Wildman–Crippen MR) is 75.0 cm³/mol. The zero-order valence-corrected chi connectivity index (χ0v) is 11.9.